The molecule has 1 aliphatic rings. The summed E-state index contributed by atoms with van der Waals surface area (Å²) in [6, 6.07) is 20.3. The van der Waals surface area contributed by atoms with E-state index in [9.17, 15) is 20.4 Å². The first-order chi connectivity index (χ1) is 14.5. The van der Waals surface area contributed by atoms with Crippen molar-refractivity contribution in [1.29, 1.82) is 0 Å². The van der Waals surface area contributed by atoms with Crippen LogP contribution in [0.3, 0.4) is 0 Å². The third-order valence-electron chi connectivity index (χ3n) is 5.68. The van der Waals surface area contributed by atoms with Crippen LogP contribution in [0, 0.1) is 6.92 Å². The maximum absolute atomic E-state index is 10.4. The molecule has 5 atom stereocenters. The molecule has 4 rings (SSSR count). The molecule has 1 aromatic heterocycles. The molecule has 0 radical (unpaired) electrons. The molecule has 30 heavy (non-hydrogen) atoms. The molecule has 1 fully saturated rings. The number of aryl methyl sites for hydroxylation is 1. The Kier molecular flexibility index (Phi) is 6.34. The van der Waals surface area contributed by atoms with E-state index in [1.807, 2.05) is 43.3 Å². The Balaban J connectivity index is 1.57. The van der Waals surface area contributed by atoms with Crippen LogP contribution in [-0.4, -0.2) is 51.4 Å². The molecule has 1 saturated heterocycles. The van der Waals surface area contributed by atoms with E-state index < -0.39 is 37.1 Å². The minimum atomic E-state index is -1.38. The Hall–Kier alpha value is -2.06. The summed E-state index contributed by atoms with van der Waals surface area (Å²) in [5.74, 6) is 0. The minimum absolute atomic E-state index is 0.433. The van der Waals surface area contributed by atoms with Gasteiger partial charge in [-0.3, -0.25) is 0 Å². The van der Waals surface area contributed by atoms with Gasteiger partial charge in [0.25, 0.3) is 0 Å². The first-order valence-corrected chi connectivity index (χ1v) is 10.8. The topological polar surface area (TPSA) is 90.2 Å². The number of benzene rings is 2. The average Bonchev–Trinajstić information content (AvgIpc) is 3.23. The van der Waals surface area contributed by atoms with Gasteiger partial charge >= 0.3 is 0 Å². The van der Waals surface area contributed by atoms with Crippen molar-refractivity contribution in [1.82, 2.24) is 0 Å². The van der Waals surface area contributed by atoms with Crippen molar-refractivity contribution >= 4 is 11.3 Å². The molecule has 0 aliphatic carbocycles. The fourth-order valence-electron chi connectivity index (χ4n) is 3.85. The molecule has 0 saturated carbocycles. The van der Waals surface area contributed by atoms with Crippen LogP contribution in [0.25, 0.3) is 10.4 Å². The SMILES string of the molecule is Cc1ccc(C2O[C@H](CO)[C@@H](O)[C@H](O)[C@H]2O)cc1Cc1ccc(-c2ccccc2)s1. The first-order valence-electron chi connectivity index (χ1n) is 10.0. The maximum Gasteiger partial charge on any atom is 0.113 e. The number of hydrogen-bond acceptors (Lipinski definition) is 6. The van der Waals surface area contributed by atoms with E-state index in [4.69, 9.17) is 4.74 Å². The van der Waals surface area contributed by atoms with Crippen molar-refractivity contribution in [3.05, 3.63) is 82.2 Å². The van der Waals surface area contributed by atoms with Gasteiger partial charge in [-0.1, -0.05) is 48.5 Å². The van der Waals surface area contributed by atoms with E-state index >= 15 is 0 Å². The number of ether oxygens (including phenoxy) is 1. The van der Waals surface area contributed by atoms with E-state index in [0.29, 0.717) is 5.56 Å². The molecule has 4 N–H and O–H groups in total. The second kappa shape index (κ2) is 8.98. The summed E-state index contributed by atoms with van der Waals surface area (Å²) < 4.78 is 5.72. The lowest BCUT2D eigenvalue weighted by atomic mass is 9.89. The highest BCUT2D eigenvalue weighted by Gasteiger charge is 2.43. The molecule has 0 amide bonds. The largest absolute Gasteiger partial charge is 0.394 e. The molecule has 3 aromatic rings. The molecular formula is C24H26O5S. The van der Waals surface area contributed by atoms with Crippen molar-refractivity contribution < 1.29 is 25.2 Å². The molecule has 2 aromatic carbocycles. The van der Waals surface area contributed by atoms with Gasteiger partial charge in [0.15, 0.2) is 0 Å². The van der Waals surface area contributed by atoms with E-state index in [-0.39, 0.29) is 0 Å². The number of rotatable bonds is 5. The van der Waals surface area contributed by atoms with Gasteiger partial charge in [-0.15, -0.1) is 11.3 Å². The van der Waals surface area contributed by atoms with Crippen molar-refractivity contribution in [2.75, 3.05) is 6.61 Å². The summed E-state index contributed by atoms with van der Waals surface area (Å²) in [6.07, 6.45) is -4.99. The molecule has 0 spiro atoms. The van der Waals surface area contributed by atoms with Gasteiger partial charge in [0, 0.05) is 16.2 Å². The fraction of sp³-hybridized carbons (Fsp3) is 0.333. The lowest BCUT2D eigenvalue weighted by Gasteiger charge is -2.40. The smallest absolute Gasteiger partial charge is 0.113 e. The van der Waals surface area contributed by atoms with Crippen molar-refractivity contribution in [3.8, 4) is 10.4 Å². The zero-order valence-corrected chi connectivity index (χ0v) is 17.5. The van der Waals surface area contributed by atoms with Crippen LogP contribution in [0.4, 0.5) is 0 Å². The third-order valence-corrected chi connectivity index (χ3v) is 6.81. The van der Waals surface area contributed by atoms with Gasteiger partial charge in [0.05, 0.1) is 6.61 Å². The maximum atomic E-state index is 10.4. The van der Waals surface area contributed by atoms with E-state index in [2.05, 4.69) is 24.3 Å². The number of hydrogen-bond donors (Lipinski definition) is 4. The highest BCUT2D eigenvalue weighted by Crippen LogP contribution is 2.34. The van der Waals surface area contributed by atoms with Gasteiger partial charge < -0.3 is 25.2 Å². The van der Waals surface area contributed by atoms with Crippen molar-refractivity contribution in [3.63, 3.8) is 0 Å². The van der Waals surface area contributed by atoms with E-state index in [1.165, 1.54) is 15.3 Å². The summed E-state index contributed by atoms with van der Waals surface area (Å²) in [4.78, 5) is 2.44. The van der Waals surface area contributed by atoms with Gasteiger partial charge in [0.2, 0.25) is 0 Å². The minimum Gasteiger partial charge on any atom is -0.394 e. The molecular weight excluding hydrogens is 400 g/mol. The predicted molar refractivity (Wildman–Crippen MR) is 116 cm³/mol. The van der Waals surface area contributed by atoms with Crippen molar-refractivity contribution in [2.24, 2.45) is 0 Å². The summed E-state index contributed by atoms with van der Waals surface area (Å²) in [7, 11) is 0. The lowest BCUT2D eigenvalue weighted by molar-refractivity contribution is -0.231. The fourth-order valence-corrected chi connectivity index (χ4v) is 4.89. The summed E-state index contributed by atoms with van der Waals surface area (Å²) >= 11 is 1.75. The summed E-state index contributed by atoms with van der Waals surface area (Å²) in [6.45, 7) is 1.61. The molecule has 0 bridgehead atoms. The van der Waals surface area contributed by atoms with E-state index in [1.54, 1.807) is 11.3 Å². The Morgan fingerprint density at radius 2 is 1.67 bits per heavy atom. The molecule has 158 valence electrons. The Morgan fingerprint density at radius 3 is 2.40 bits per heavy atom. The highest BCUT2D eigenvalue weighted by molar-refractivity contribution is 7.15. The van der Waals surface area contributed by atoms with Gasteiger partial charge in [0.1, 0.15) is 30.5 Å². The zero-order valence-electron chi connectivity index (χ0n) is 16.7. The van der Waals surface area contributed by atoms with Gasteiger partial charge in [-0.05, 0) is 41.3 Å². The van der Waals surface area contributed by atoms with Crippen LogP contribution in [0.1, 0.15) is 27.7 Å². The molecule has 1 unspecified atom stereocenters. The predicted octanol–water partition coefficient (Wildman–Crippen LogP) is 2.83. The van der Waals surface area contributed by atoms with Crippen LogP contribution in [0.5, 0.6) is 0 Å². The first kappa shape index (κ1) is 21.2. The van der Waals surface area contributed by atoms with E-state index in [0.717, 1.165) is 17.5 Å². The third kappa shape index (κ3) is 4.21. The Morgan fingerprint density at radius 1 is 0.900 bits per heavy atom. The highest BCUT2D eigenvalue weighted by atomic mass is 32.1. The average molecular weight is 427 g/mol. The normalized spacial score (nSPS) is 26.6. The molecule has 6 heteroatoms. The standard InChI is InChI=1S/C24H26O5S/c1-14-7-8-16(24-23(28)22(27)21(26)19(13-25)29-24)11-17(14)12-18-9-10-20(30-18)15-5-3-2-4-6-15/h2-11,19,21-28H,12-13H2,1H3/t19-,21-,22+,23-,24?/m1/s1. The number of aliphatic hydroxyl groups excluding tert-OH is 4. The van der Waals surface area contributed by atoms with Crippen LogP contribution >= 0.6 is 11.3 Å². The second-order valence-corrected chi connectivity index (χ2v) is 8.91. The van der Waals surface area contributed by atoms with Crippen LogP contribution in [0.15, 0.2) is 60.7 Å². The Labute approximate surface area is 179 Å². The zero-order chi connectivity index (χ0) is 21.3. The van der Waals surface area contributed by atoms with Crippen molar-refractivity contribution in [2.45, 2.75) is 43.9 Å². The van der Waals surface area contributed by atoms with Gasteiger partial charge in [-0.2, -0.15) is 0 Å². The van der Waals surface area contributed by atoms with Gasteiger partial charge in [-0.25, -0.2) is 0 Å². The van der Waals surface area contributed by atoms with Crippen LogP contribution in [0.2, 0.25) is 0 Å². The molecule has 2 heterocycles. The molecule has 5 nitrogen and oxygen atoms in total. The number of aliphatic hydroxyl groups is 4. The Bertz CT molecular complexity index is 984. The summed E-state index contributed by atoms with van der Waals surface area (Å²) in [5, 5.41) is 40.0. The summed E-state index contributed by atoms with van der Waals surface area (Å²) in [5.41, 5.74) is 4.14. The monoisotopic (exact) mass is 426 g/mol. The molecule has 1 aliphatic heterocycles. The second-order valence-electron chi connectivity index (χ2n) is 7.74. The number of thiophene rings is 1. The quantitative estimate of drug-likeness (QED) is 0.504. The van der Waals surface area contributed by atoms with Crippen LogP contribution < -0.4 is 0 Å². The lowest BCUT2D eigenvalue weighted by Crippen LogP contribution is -2.55. The van der Waals surface area contributed by atoms with Crippen LogP contribution in [-0.2, 0) is 11.2 Å².